The summed E-state index contributed by atoms with van der Waals surface area (Å²) < 4.78 is 33.3. The molecule has 23 heavy (non-hydrogen) atoms. The third kappa shape index (κ3) is 3.79. The molecule has 0 aliphatic heterocycles. The second-order valence-corrected chi connectivity index (χ2v) is 6.09. The van der Waals surface area contributed by atoms with Crippen LogP contribution in [-0.2, 0) is 10.0 Å². The molecule has 2 rings (SSSR count). The van der Waals surface area contributed by atoms with Crippen LogP contribution in [0.5, 0.6) is 11.5 Å². The molecule has 0 radical (unpaired) electrons. The number of carbonyl (C=O) groups excluding carboxylic acids is 1. The highest BCUT2D eigenvalue weighted by Crippen LogP contribution is 2.26. The zero-order valence-electron chi connectivity index (χ0n) is 12.6. The molecule has 0 atom stereocenters. The molecule has 7 nitrogen and oxygen atoms in total. The molecule has 0 fully saturated rings. The number of amides is 1. The number of nitrogens with two attached hydrogens (primary N) is 1. The summed E-state index contributed by atoms with van der Waals surface area (Å²) in [5.41, 5.74) is 0.591. The smallest absolute Gasteiger partial charge is 0.255 e. The van der Waals surface area contributed by atoms with Gasteiger partial charge < -0.3 is 14.8 Å². The van der Waals surface area contributed by atoms with Crippen molar-refractivity contribution < 1.29 is 22.7 Å². The van der Waals surface area contributed by atoms with Crippen LogP contribution in [-0.4, -0.2) is 28.5 Å². The molecule has 122 valence electrons. The van der Waals surface area contributed by atoms with Crippen molar-refractivity contribution in [3.8, 4) is 11.5 Å². The lowest BCUT2D eigenvalue weighted by atomic mass is 10.2. The topological polar surface area (TPSA) is 108 Å². The van der Waals surface area contributed by atoms with E-state index in [0.717, 1.165) is 0 Å². The van der Waals surface area contributed by atoms with Gasteiger partial charge in [0.05, 0.1) is 19.9 Å². The Morgan fingerprint density at radius 1 is 1.04 bits per heavy atom. The second-order valence-electron chi connectivity index (χ2n) is 4.57. The summed E-state index contributed by atoms with van der Waals surface area (Å²) in [6, 6.07) is 10.8. The zero-order chi connectivity index (χ0) is 17.0. The largest absolute Gasteiger partial charge is 0.495 e. The van der Waals surface area contributed by atoms with Gasteiger partial charge in [0.2, 0.25) is 10.0 Å². The van der Waals surface area contributed by atoms with Crippen molar-refractivity contribution in [2.75, 3.05) is 19.5 Å². The van der Waals surface area contributed by atoms with Crippen LogP contribution in [0.25, 0.3) is 0 Å². The number of hydrogen-bond donors (Lipinski definition) is 2. The molecule has 0 saturated carbocycles. The Morgan fingerprint density at radius 2 is 1.70 bits per heavy atom. The number of carbonyl (C=O) groups is 1. The summed E-state index contributed by atoms with van der Waals surface area (Å²) in [7, 11) is -1.22. The van der Waals surface area contributed by atoms with Crippen LogP contribution in [0, 0.1) is 0 Å². The Hall–Kier alpha value is -2.58. The highest BCUT2D eigenvalue weighted by molar-refractivity contribution is 7.89. The minimum atomic E-state index is -4.02. The lowest BCUT2D eigenvalue weighted by Gasteiger charge is -2.11. The van der Waals surface area contributed by atoms with E-state index >= 15 is 0 Å². The molecule has 3 N–H and O–H groups in total. The number of hydrogen-bond acceptors (Lipinski definition) is 5. The number of nitrogens with one attached hydrogen (secondary N) is 1. The van der Waals surface area contributed by atoms with Gasteiger partial charge in [0, 0.05) is 5.56 Å². The Kier molecular flexibility index (Phi) is 4.87. The first-order valence-electron chi connectivity index (χ1n) is 6.52. The monoisotopic (exact) mass is 336 g/mol. The van der Waals surface area contributed by atoms with Crippen molar-refractivity contribution in [1.29, 1.82) is 0 Å². The van der Waals surface area contributed by atoms with Crippen molar-refractivity contribution in [1.82, 2.24) is 0 Å². The van der Waals surface area contributed by atoms with Crippen molar-refractivity contribution in [2.45, 2.75) is 4.90 Å². The van der Waals surface area contributed by atoms with E-state index in [1.165, 1.54) is 32.4 Å². The van der Waals surface area contributed by atoms with Gasteiger partial charge in [0.15, 0.2) is 0 Å². The summed E-state index contributed by atoms with van der Waals surface area (Å²) >= 11 is 0. The van der Waals surface area contributed by atoms with E-state index in [-0.39, 0.29) is 16.2 Å². The molecule has 8 heteroatoms. The van der Waals surface area contributed by atoms with Crippen LogP contribution in [0.1, 0.15) is 10.4 Å². The van der Waals surface area contributed by atoms with Crippen molar-refractivity contribution in [3.63, 3.8) is 0 Å². The molecule has 2 aromatic carbocycles. The SMILES string of the molecule is COc1ccccc1NC(=O)c1ccc(OC)c(S(N)(=O)=O)c1. The number of para-hydroxylation sites is 2. The normalized spacial score (nSPS) is 10.9. The predicted octanol–water partition coefficient (Wildman–Crippen LogP) is 1.60. The van der Waals surface area contributed by atoms with Crippen LogP contribution in [0.15, 0.2) is 47.4 Å². The van der Waals surface area contributed by atoms with Gasteiger partial charge in [-0.3, -0.25) is 4.79 Å². The molecule has 2 aromatic rings. The Bertz CT molecular complexity index is 834. The summed E-state index contributed by atoms with van der Waals surface area (Å²) in [4.78, 5) is 12.1. The molecule has 0 unspecified atom stereocenters. The highest BCUT2D eigenvalue weighted by atomic mass is 32.2. The lowest BCUT2D eigenvalue weighted by Crippen LogP contribution is -2.17. The van der Waals surface area contributed by atoms with E-state index in [1.807, 2.05) is 0 Å². The van der Waals surface area contributed by atoms with Crippen molar-refractivity contribution in [3.05, 3.63) is 48.0 Å². The lowest BCUT2D eigenvalue weighted by molar-refractivity contribution is 0.102. The molecule has 1 amide bonds. The highest BCUT2D eigenvalue weighted by Gasteiger charge is 2.18. The maximum Gasteiger partial charge on any atom is 0.255 e. The Balaban J connectivity index is 2.37. The standard InChI is InChI=1S/C15H16N2O5S/c1-21-12-6-4-3-5-11(12)17-15(18)10-7-8-13(22-2)14(9-10)23(16,19)20/h3-9H,1-2H3,(H,17,18)(H2,16,19,20). The van der Waals surface area contributed by atoms with Gasteiger partial charge in [-0.05, 0) is 30.3 Å². The van der Waals surface area contributed by atoms with Gasteiger partial charge >= 0.3 is 0 Å². The first kappa shape index (κ1) is 16.8. The fraction of sp³-hybridized carbons (Fsp3) is 0.133. The van der Waals surface area contributed by atoms with Gasteiger partial charge in [-0.25, -0.2) is 13.6 Å². The quantitative estimate of drug-likeness (QED) is 0.862. The van der Waals surface area contributed by atoms with Crippen LogP contribution < -0.4 is 19.9 Å². The van der Waals surface area contributed by atoms with Crippen molar-refractivity contribution in [2.24, 2.45) is 5.14 Å². The van der Waals surface area contributed by atoms with E-state index in [2.05, 4.69) is 5.32 Å². The van der Waals surface area contributed by atoms with Gasteiger partial charge in [-0.2, -0.15) is 0 Å². The first-order valence-corrected chi connectivity index (χ1v) is 8.06. The molecular formula is C15H16N2O5S. The number of primary sulfonamides is 1. The van der Waals surface area contributed by atoms with E-state index in [9.17, 15) is 13.2 Å². The minimum absolute atomic E-state index is 0.0707. The number of methoxy groups -OCH3 is 2. The molecule has 0 saturated heterocycles. The Morgan fingerprint density at radius 3 is 2.30 bits per heavy atom. The zero-order valence-corrected chi connectivity index (χ0v) is 13.4. The number of benzene rings is 2. The number of rotatable bonds is 5. The third-order valence-corrected chi connectivity index (χ3v) is 4.02. The summed E-state index contributed by atoms with van der Waals surface area (Å²) in [6.45, 7) is 0. The number of sulfonamides is 1. The summed E-state index contributed by atoms with van der Waals surface area (Å²) in [5.74, 6) is 0.0597. The van der Waals surface area contributed by atoms with Gasteiger partial charge in [-0.1, -0.05) is 12.1 Å². The van der Waals surface area contributed by atoms with E-state index in [1.54, 1.807) is 24.3 Å². The average molecular weight is 336 g/mol. The van der Waals surface area contributed by atoms with Crippen LogP contribution >= 0.6 is 0 Å². The molecule has 0 spiro atoms. The molecular weight excluding hydrogens is 320 g/mol. The first-order chi connectivity index (χ1) is 10.9. The predicted molar refractivity (Wildman–Crippen MR) is 85.3 cm³/mol. The van der Waals surface area contributed by atoms with E-state index in [4.69, 9.17) is 14.6 Å². The Labute approximate surface area is 134 Å². The molecule has 0 heterocycles. The van der Waals surface area contributed by atoms with Crippen LogP contribution in [0.2, 0.25) is 0 Å². The third-order valence-electron chi connectivity index (χ3n) is 3.09. The maximum atomic E-state index is 12.3. The molecule has 0 aromatic heterocycles. The fourth-order valence-corrected chi connectivity index (χ4v) is 2.71. The summed E-state index contributed by atoms with van der Waals surface area (Å²) in [6.07, 6.45) is 0. The van der Waals surface area contributed by atoms with Gasteiger partial charge in [-0.15, -0.1) is 0 Å². The molecule has 0 aliphatic carbocycles. The van der Waals surface area contributed by atoms with Gasteiger partial charge in [0.25, 0.3) is 5.91 Å². The van der Waals surface area contributed by atoms with Crippen LogP contribution in [0.4, 0.5) is 5.69 Å². The van der Waals surface area contributed by atoms with Crippen LogP contribution in [0.3, 0.4) is 0 Å². The maximum absolute atomic E-state index is 12.3. The van der Waals surface area contributed by atoms with E-state index in [0.29, 0.717) is 11.4 Å². The minimum Gasteiger partial charge on any atom is -0.495 e. The molecule has 0 aliphatic rings. The second kappa shape index (κ2) is 6.67. The van der Waals surface area contributed by atoms with Crippen molar-refractivity contribution >= 4 is 21.6 Å². The van der Waals surface area contributed by atoms with E-state index < -0.39 is 15.9 Å². The van der Waals surface area contributed by atoms with Gasteiger partial charge in [0.1, 0.15) is 16.4 Å². The number of ether oxygens (including phenoxy) is 2. The fourth-order valence-electron chi connectivity index (χ4n) is 1.98. The molecule has 0 bridgehead atoms. The average Bonchev–Trinajstić information content (AvgIpc) is 2.53. The summed E-state index contributed by atoms with van der Waals surface area (Å²) in [5, 5.41) is 7.79. The number of anilines is 1.